The molecule has 4 heteroatoms. The highest BCUT2D eigenvalue weighted by Gasteiger charge is 2.20. The fourth-order valence-electron chi connectivity index (χ4n) is 2.64. The molecule has 0 aliphatic heterocycles. The molecular formula is C17H15Br2NO. The van der Waals surface area contributed by atoms with E-state index in [1.165, 1.54) is 0 Å². The van der Waals surface area contributed by atoms with Crippen molar-refractivity contribution in [3.8, 4) is 0 Å². The van der Waals surface area contributed by atoms with Gasteiger partial charge in [-0.3, -0.25) is 0 Å². The van der Waals surface area contributed by atoms with Gasteiger partial charge in [0.2, 0.25) is 0 Å². The topological polar surface area (TPSA) is 39.2 Å². The number of fused-ring (bicyclic) bond motifs is 1. The average molecular weight is 409 g/mol. The van der Waals surface area contributed by atoms with Crippen LogP contribution < -0.4 is 5.73 Å². The number of benzene rings is 2. The number of aryl methyl sites for hydroxylation is 1. The molecule has 0 aliphatic carbocycles. The second-order valence-corrected chi connectivity index (χ2v) is 6.80. The number of para-hydroxylation sites is 1. The van der Waals surface area contributed by atoms with Crippen LogP contribution in [0, 0.1) is 0 Å². The molecule has 1 unspecified atom stereocenters. The quantitative estimate of drug-likeness (QED) is 0.615. The third kappa shape index (κ3) is 2.80. The number of hydrogen-bond donors (Lipinski definition) is 1. The molecule has 0 saturated heterocycles. The van der Waals surface area contributed by atoms with Crippen LogP contribution in [-0.4, -0.2) is 0 Å². The molecule has 2 aromatic carbocycles. The summed E-state index contributed by atoms with van der Waals surface area (Å²) >= 11 is 7.04. The number of nitrogens with two attached hydrogens (primary N) is 1. The van der Waals surface area contributed by atoms with Crippen molar-refractivity contribution in [1.29, 1.82) is 0 Å². The maximum absolute atomic E-state index is 6.54. The molecule has 1 aromatic heterocycles. The normalized spacial score (nSPS) is 12.8. The van der Waals surface area contributed by atoms with Crippen LogP contribution >= 0.6 is 31.9 Å². The molecule has 3 aromatic rings. The van der Waals surface area contributed by atoms with Crippen molar-refractivity contribution in [3.05, 3.63) is 68.3 Å². The van der Waals surface area contributed by atoms with Gasteiger partial charge in [-0.05, 0) is 29.8 Å². The summed E-state index contributed by atoms with van der Waals surface area (Å²) in [5.41, 5.74) is 9.57. The molecule has 108 valence electrons. The molecule has 0 bridgehead atoms. The maximum Gasteiger partial charge on any atom is 0.134 e. The Kier molecular flexibility index (Phi) is 4.20. The van der Waals surface area contributed by atoms with E-state index >= 15 is 0 Å². The highest BCUT2D eigenvalue weighted by atomic mass is 79.9. The Morgan fingerprint density at radius 3 is 2.43 bits per heavy atom. The van der Waals surface area contributed by atoms with Crippen molar-refractivity contribution < 1.29 is 4.42 Å². The van der Waals surface area contributed by atoms with Gasteiger partial charge in [-0.15, -0.1) is 0 Å². The van der Waals surface area contributed by atoms with Crippen molar-refractivity contribution in [1.82, 2.24) is 0 Å². The first-order valence-electron chi connectivity index (χ1n) is 6.82. The van der Waals surface area contributed by atoms with E-state index in [-0.39, 0.29) is 6.04 Å². The van der Waals surface area contributed by atoms with E-state index < -0.39 is 0 Å². The van der Waals surface area contributed by atoms with Crippen molar-refractivity contribution in [2.45, 2.75) is 19.4 Å². The number of hydrogen-bond acceptors (Lipinski definition) is 2. The summed E-state index contributed by atoms with van der Waals surface area (Å²) in [6.45, 7) is 2.09. The highest BCUT2D eigenvalue weighted by Crippen LogP contribution is 2.35. The Bertz CT molecular complexity index is 774. The largest absolute Gasteiger partial charge is 0.461 e. The van der Waals surface area contributed by atoms with Gasteiger partial charge in [0.25, 0.3) is 0 Å². The smallest absolute Gasteiger partial charge is 0.134 e. The van der Waals surface area contributed by atoms with Gasteiger partial charge in [0.15, 0.2) is 0 Å². The minimum Gasteiger partial charge on any atom is -0.461 e. The Morgan fingerprint density at radius 1 is 1.10 bits per heavy atom. The monoisotopic (exact) mass is 407 g/mol. The Hall–Kier alpha value is -1.10. The molecule has 0 amide bonds. The third-order valence-electron chi connectivity index (χ3n) is 3.59. The molecule has 0 fully saturated rings. The van der Waals surface area contributed by atoms with E-state index in [2.05, 4.69) is 57.0 Å². The van der Waals surface area contributed by atoms with Gasteiger partial charge < -0.3 is 10.2 Å². The molecule has 0 radical (unpaired) electrons. The van der Waals surface area contributed by atoms with Gasteiger partial charge in [-0.1, -0.05) is 57.0 Å². The first-order chi connectivity index (χ1) is 10.1. The summed E-state index contributed by atoms with van der Waals surface area (Å²) in [4.78, 5) is 0. The SMILES string of the molecule is CCc1oc2ccccc2c1C(N)c1cc(Br)cc(Br)c1. The second kappa shape index (κ2) is 5.95. The minimum atomic E-state index is -0.211. The molecule has 2 N–H and O–H groups in total. The first-order valence-corrected chi connectivity index (χ1v) is 8.40. The van der Waals surface area contributed by atoms with Crippen LogP contribution in [0.15, 0.2) is 55.8 Å². The van der Waals surface area contributed by atoms with Crippen LogP contribution in [0.5, 0.6) is 0 Å². The predicted octanol–water partition coefficient (Wildman–Crippen LogP) is 5.57. The van der Waals surface area contributed by atoms with Crippen LogP contribution in [0.4, 0.5) is 0 Å². The van der Waals surface area contributed by atoms with Gasteiger partial charge in [0, 0.05) is 26.3 Å². The number of halogens is 2. The fourth-order valence-corrected chi connectivity index (χ4v) is 3.97. The molecule has 1 heterocycles. The lowest BCUT2D eigenvalue weighted by Crippen LogP contribution is -2.13. The van der Waals surface area contributed by atoms with Crippen LogP contribution in [-0.2, 0) is 6.42 Å². The van der Waals surface area contributed by atoms with Crippen LogP contribution in [0.2, 0.25) is 0 Å². The summed E-state index contributed by atoms with van der Waals surface area (Å²) in [7, 11) is 0. The summed E-state index contributed by atoms with van der Waals surface area (Å²) in [6.07, 6.45) is 0.826. The first kappa shape index (κ1) is 14.8. The van der Waals surface area contributed by atoms with E-state index in [1.807, 2.05) is 24.3 Å². The molecule has 1 atom stereocenters. The van der Waals surface area contributed by atoms with Crippen molar-refractivity contribution in [2.75, 3.05) is 0 Å². The summed E-state index contributed by atoms with van der Waals surface area (Å²) in [5.74, 6) is 0.958. The lowest BCUT2D eigenvalue weighted by molar-refractivity contribution is 0.546. The molecule has 2 nitrogen and oxygen atoms in total. The molecule has 3 rings (SSSR count). The predicted molar refractivity (Wildman–Crippen MR) is 93.5 cm³/mol. The van der Waals surface area contributed by atoms with Crippen LogP contribution in [0.3, 0.4) is 0 Å². The maximum atomic E-state index is 6.54. The molecule has 0 saturated carbocycles. The second-order valence-electron chi connectivity index (χ2n) is 4.97. The van der Waals surface area contributed by atoms with E-state index in [1.54, 1.807) is 0 Å². The molecule has 0 spiro atoms. The van der Waals surface area contributed by atoms with E-state index in [0.29, 0.717) is 0 Å². The van der Waals surface area contributed by atoms with E-state index in [0.717, 1.165) is 43.2 Å². The van der Waals surface area contributed by atoms with Gasteiger partial charge >= 0.3 is 0 Å². The van der Waals surface area contributed by atoms with Crippen LogP contribution in [0.1, 0.15) is 29.9 Å². The molecule has 0 aliphatic rings. The zero-order chi connectivity index (χ0) is 15.0. The van der Waals surface area contributed by atoms with E-state index in [9.17, 15) is 0 Å². The molecular weight excluding hydrogens is 394 g/mol. The fraction of sp³-hybridized carbons (Fsp3) is 0.176. The van der Waals surface area contributed by atoms with Gasteiger partial charge in [0.1, 0.15) is 11.3 Å². The van der Waals surface area contributed by atoms with Gasteiger partial charge in [-0.25, -0.2) is 0 Å². The zero-order valence-corrected chi connectivity index (χ0v) is 14.7. The Balaban J connectivity index is 2.18. The lowest BCUT2D eigenvalue weighted by atomic mass is 9.96. The third-order valence-corrected chi connectivity index (χ3v) is 4.50. The number of rotatable bonds is 3. The highest BCUT2D eigenvalue weighted by molar-refractivity contribution is 9.11. The van der Waals surface area contributed by atoms with Crippen molar-refractivity contribution >= 4 is 42.8 Å². The Morgan fingerprint density at radius 2 is 1.76 bits per heavy atom. The summed E-state index contributed by atoms with van der Waals surface area (Å²) in [6, 6.07) is 14.0. The van der Waals surface area contributed by atoms with Crippen LogP contribution in [0.25, 0.3) is 11.0 Å². The zero-order valence-electron chi connectivity index (χ0n) is 11.6. The summed E-state index contributed by atoms with van der Waals surface area (Å²) < 4.78 is 7.96. The van der Waals surface area contributed by atoms with Crippen molar-refractivity contribution in [3.63, 3.8) is 0 Å². The Labute approximate surface area is 140 Å². The van der Waals surface area contributed by atoms with E-state index in [4.69, 9.17) is 10.2 Å². The summed E-state index contributed by atoms with van der Waals surface area (Å²) in [5, 5.41) is 1.10. The standard InChI is InChI=1S/C17H15Br2NO/c1-2-14-16(13-5-3-4-6-15(13)21-14)17(20)10-7-11(18)9-12(19)8-10/h3-9,17H,2,20H2,1H3. The lowest BCUT2D eigenvalue weighted by Gasteiger charge is -2.14. The van der Waals surface area contributed by atoms with Gasteiger partial charge in [-0.2, -0.15) is 0 Å². The van der Waals surface area contributed by atoms with Gasteiger partial charge in [0.05, 0.1) is 6.04 Å². The average Bonchev–Trinajstić information content (AvgIpc) is 2.83. The minimum absolute atomic E-state index is 0.211. The van der Waals surface area contributed by atoms with Crippen molar-refractivity contribution in [2.24, 2.45) is 5.73 Å². The number of furan rings is 1. The molecule has 21 heavy (non-hydrogen) atoms.